The first-order valence-electron chi connectivity index (χ1n) is 8.67. The second-order valence-electron chi connectivity index (χ2n) is 6.52. The van der Waals surface area contributed by atoms with Gasteiger partial charge in [0, 0.05) is 35.9 Å². The van der Waals surface area contributed by atoms with Gasteiger partial charge in [0.15, 0.2) is 0 Å². The number of ether oxygens (including phenoxy) is 1. The number of nitrogens with zero attached hydrogens (tertiary/aromatic N) is 1. The predicted octanol–water partition coefficient (Wildman–Crippen LogP) is 2.64. The van der Waals surface area contributed by atoms with Gasteiger partial charge in [-0.05, 0) is 42.5 Å². The Morgan fingerprint density at radius 2 is 2.12 bits per heavy atom. The molecule has 0 atom stereocenters. The molecule has 6 heteroatoms. The lowest BCUT2D eigenvalue weighted by molar-refractivity contribution is 0.0949. The minimum Gasteiger partial charge on any atom is -0.477 e. The Kier molecular flexibility index (Phi) is 4.39. The molecule has 1 amide bonds. The van der Waals surface area contributed by atoms with Crippen LogP contribution in [0.1, 0.15) is 28.8 Å². The summed E-state index contributed by atoms with van der Waals surface area (Å²) in [5.41, 5.74) is 1.40. The predicted molar refractivity (Wildman–Crippen MR) is 98.2 cm³/mol. The fraction of sp³-hybridized carbons (Fsp3) is 0.250. The van der Waals surface area contributed by atoms with Gasteiger partial charge < -0.3 is 15.0 Å². The van der Waals surface area contributed by atoms with E-state index in [1.54, 1.807) is 24.4 Å². The molecule has 132 valence electrons. The summed E-state index contributed by atoms with van der Waals surface area (Å²) in [6.45, 7) is 0.989. The summed E-state index contributed by atoms with van der Waals surface area (Å²) in [6, 6.07) is 10.8. The maximum absolute atomic E-state index is 12.5. The Bertz CT molecular complexity index is 1010. The average molecular weight is 349 g/mol. The molecule has 1 aromatic carbocycles. The van der Waals surface area contributed by atoms with E-state index in [9.17, 15) is 9.59 Å². The molecular formula is C20H19N3O3. The van der Waals surface area contributed by atoms with Crippen molar-refractivity contribution in [3.8, 4) is 5.88 Å². The highest BCUT2D eigenvalue weighted by Crippen LogP contribution is 2.29. The van der Waals surface area contributed by atoms with Crippen LogP contribution >= 0.6 is 0 Å². The van der Waals surface area contributed by atoms with E-state index in [1.165, 1.54) is 19.0 Å². The minimum absolute atomic E-state index is 0.1000. The van der Waals surface area contributed by atoms with Crippen LogP contribution in [-0.4, -0.2) is 22.5 Å². The van der Waals surface area contributed by atoms with Gasteiger partial charge in [0.25, 0.3) is 5.91 Å². The van der Waals surface area contributed by atoms with Gasteiger partial charge >= 0.3 is 0 Å². The van der Waals surface area contributed by atoms with E-state index < -0.39 is 5.91 Å². The first-order chi connectivity index (χ1) is 12.7. The molecule has 0 saturated heterocycles. The number of carbonyl (C=O) groups excluding carboxylic acids is 1. The standard InChI is InChI=1S/C20H19N3O3/c24-19-15-3-1-2-4-17(15)22-11-16(19)20(25)23-10-14-7-8-21-18(9-14)26-12-13-5-6-13/h1-4,7-9,11,13H,5-6,10,12H2,(H,22,24)(H,23,25). The molecule has 0 aliphatic heterocycles. The molecule has 0 bridgehead atoms. The lowest BCUT2D eigenvalue weighted by Gasteiger charge is -2.08. The number of carbonyl (C=O) groups is 1. The third-order valence-electron chi connectivity index (χ3n) is 4.45. The zero-order chi connectivity index (χ0) is 17.9. The van der Waals surface area contributed by atoms with Crippen LogP contribution < -0.4 is 15.5 Å². The third kappa shape index (κ3) is 3.59. The van der Waals surface area contributed by atoms with Gasteiger partial charge in [-0.1, -0.05) is 12.1 Å². The van der Waals surface area contributed by atoms with Crippen LogP contribution in [0.2, 0.25) is 0 Å². The number of aromatic nitrogens is 2. The summed E-state index contributed by atoms with van der Waals surface area (Å²) in [5, 5.41) is 3.28. The number of hydrogen-bond acceptors (Lipinski definition) is 4. The van der Waals surface area contributed by atoms with E-state index in [2.05, 4.69) is 15.3 Å². The van der Waals surface area contributed by atoms with Crippen molar-refractivity contribution in [1.82, 2.24) is 15.3 Å². The van der Waals surface area contributed by atoms with Gasteiger partial charge in [-0.3, -0.25) is 9.59 Å². The number of para-hydroxylation sites is 1. The van der Waals surface area contributed by atoms with Crippen molar-refractivity contribution in [3.63, 3.8) is 0 Å². The highest BCUT2D eigenvalue weighted by atomic mass is 16.5. The van der Waals surface area contributed by atoms with E-state index in [0.717, 1.165) is 5.56 Å². The van der Waals surface area contributed by atoms with Crippen LogP contribution in [0.3, 0.4) is 0 Å². The lowest BCUT2D eigenvalue weighted by atomic mass is 10.1. The number of H-pyrrole nitrogens is 1. The molecule has 6 nitrogen and oxygen atoms in total. The van der Waals surface area contributed by atoms with Crippen molar-refractivity contribution in [1.29, 1.82) is 0 Å². The summed E-state index contributed by atoms with van der Waals surface area (Å²) in [6.07, 6.45) is 5.55. The van der Waals surface area contributed by atoms with Crippen molar-refractivity contribution in [2.45, 2.75) is 19.4 Å². The smallest absolute Gasteiger partial charge is 0.257 e. The maximum atomic E-state index is 12.5. The Labute approximate surface area is 150 Å². The quantitative estimate of drug-likeness (QED) is 0.716. The molecule has 4 rings (SSSR count). The Hall–Kier alpha value is -3.15. The Morgan fingerprint density at radius 3 is 2.96 bits per heavy atom. The van der Waals surface area contributed by atoms with Gasteiger partial charge in [0.2, 0.25) is 11.3 Å². The van der Waals surface area contributed by atoms with Gasteiger partial charge in [-0.25, -0.2) is 4.98 Å². The monoisotopic (exact) mass is 349 g/mol. The maximum Gasteiger partial charge on any atom is 0.257 e. The number of nitrogens with one attached hydrogen (secondary N) is 2. The Balaban J connectivity index is 1.44. The lowest BCUT2D eigenvalue weighted by Crippen LogP contribution is -2.28. The van der Waals surface area contributed by atoms with Gasteiger partial charge in [0.05, 0.1) is 6.61 Å². The summed E-state index contributed by atoms with van der Waals surface area (Å²) in [5.74, 6) is 0.807. The van der Waals surface area contributed by atoms with E-state index in [4.69, 9.17) is 4.74 Å². The molecule has 0 radical (unpaired) electrons. The first kappa shape index (κ1) is 16.3. The first-order valence-corrected chi connectivity index (χ1v) is 8.67. The van der Waals surface area contributed by atoms with E-state index in [-0.39, 0.29) is 11.0 Å². The zero-order valence-electron chi connectivity index (χ0n) is 14.2. The second kappa shape index (κ2) is 7.00. The number of aromatic amines is 1. The number of fused-ring (bicyclic) bond motifs is 1. The van der Waals surface area contributed by atoms with E-state index in [0.29, 0.717) is 35.9 Å². The molecule has 2 aromatic heterocycles. The topological polar surface area (TPSA) is 84.1 Å². The molecule has 26 heavy (non-hydrogen) atoms. The highest BCUT2D eigenvalue weighted by molar-refractivity contribution is 5.97. The van der Waals surface area contributed by atoms with Crippen molar-refractivity contribution in [2.75, 3.05) is 6.61 Å². The number of rotatable bonds is 6. The number of benzene rings is 1. The van der Waals surface area contributed by atoms with Crippen LogP contribution in [0.25, 0.3) is 10.9 Å². The molecule has 3 aromatic rings. The number of pyridine rings is 2. The Morgan fingerprint density at radius 1 is 1.27 bits per heavy atom. The number of amides is 1. The van der Waals surface area contributed by atoms with Crippen LogP contribution in [0.4, 0.5) is 0 Å². The molecule has 0 unspecified atom stereocenters. The summed E-state index contributed by atoms with van der Waals surface area (Å²) < 4.78 is 5.65. The van der Waals surface area contributed by atoms with Crippen molar-refractivity contribution < 1.29 is 9.53 Å². The average Bonchev–Trinajstić information content (AvgIpc) is 3.50. The third-order valence-corrected chi connectivity index (χ3v) is 4.45. The van der Waals surface area contributed by atoms with E-state index >= 15 is 0 Å². The van der Waals surface area contributed by atoms with Crippen molar-refractivity contribution in [3.05, 3.63) is 70.1 Å². The van der Waals surface area contributed by atoms with Gasteiger partial charge in [-0.2, -0.15) is 0 Å². The molecule has 1 fully saturated rings. The van der Waals surface area contributed by atoms with Crippen LogP contribution in [0.15, 0.2) is 53.6 Å². The largest absolute Gasteiger partial charge is 0.477 e. The fourth-order valence-corrected chi connectivity index (χ4v) is 2.74. The van der Waals surface area contributed by atoms with E-state index in [1.807, 2.05) is 18.2 Å². The molecule has 2 heterocycles. The zero-order valence-corrected chi connectivity index (χ0v) is 14.2. The second-order valence-corrected chi connectivity index (χ2v) is 6.52. The summed E-state index contributed by atoms with van der Waals surface area (Å²) in [7, 11) is 0. The highest BCUT2D eigenvalue weighted by Gasteiger charge is 2.22. The summed E-state index contributed by atoms with van der Waals surface area (Å²) >= 11 is 0. The molecule has 1 aliphatic rings. The van der Waals surface area contributed by atoms with Gasteiger partial charge in [-0.15, -0.1) is 0 Å². The van der Waals surface area contributed by atoms with Crippen LogP contribution in [-0.2, 0) is 6.54 Å². The number of hydrogen-bond donors (Lipinski definition) is 2. The summed E-state index contributed by atoms with van der Waals surface area (Å²) in [4.78, 5) is 32.1. The van der Waals surface area contributed by atoms with Crippen LogP contribution in [0, 0.1) is 5.92 Å². The van der Waals surface area contributed by atoms with Crippen LogP contribution in [0.5, 0.6) is 5.88 Å². The molecule has 1 aliphatic carbocycles. The normalized spacial score (nSPS) is 13.5. The molecular weight excluding hydrogens is 330 g/mol. The molecule has 0 spiro atoms. The molecule has 2 N–H and O–H groups in total. The molecule has 1 saturated carbocycles. The van der Waals surface area contributed by atoms with Crippen molar-refractivity contribution in [2.24, 2.45) is 5.92 Å². The minimum atomic E-state index is -0.408. The van der Waals surface area contributed by atoms with Crippen molar-refractivity contribution >= 4 is 16.8 Å². The SMILES string of the molecule is O=C(NCc1ccnc(OCC2CC2)c1)c1c[nH]c2ccccc2c1=O. The van der Waals surface area contributed by atoms with Gasteiger partial charge in [0.1, 0.15) is 5.56 Å². The fourth-order valence-electron chi connectivity index (χ4n) is 2.74.